The van der Waals surface area contributed by atoms with E-state index in [0.717, 1.165) is 4.47 Å². The summed E-state index contributed by atoms with van der Waals surface area (Å²) in [5.41, 5.74) is 0.526. The van der Waals surface area contributed by atoms with Gasteiger partial charge in [-0.1, -0.05) is 15.9 Å². The SMILES string of the molecule is CC(CCC(=O)O)NC(=O)CCNC(=O)c1ccc(Br)cc1. The molecular formula is C15H19BrN2O4. The Bertz CT molecular complexity index is 531. The van der Waals surface area contributed by atoms with Crippen LogP contribution in [0, 0.1) is 0 Å². The predicted octanol–water partition coefficient (Wildman–Crippen LogP) is 1.94. The monoisotopic (exact) mass is 370 g/mol. The molecule has 1 rings (SSSR count). The lowest BCUT2D eigenvalue weighted by atomic mass is 10.2. The van der Waals surface area contributed by atoms with Gasteiger partial charge in [-0.2, -0.15) is 0 Å². The van der Waals surface area contributed by atoms with Gasteiger partial charge in [0.15, 0.2) is 0 Å². The smallest absolute Gasteiger partial charge is 0.303 e. The molecule has 0 aliphatic rings. The molecule has 1 atom stereocenters. The summed E-state index contributed by atoms with van der Waals surface area (Å²) >= 11 is 3.29. The van der Waals surface area contributed by atoms with Crippen LogP contribution in [0.4, 0.5) is 0 Å². The van der Waals surface area contributed by atoms with Crippen molar-refractivity contribution in [3.8, 4) is 0 Å². The second kappa shape index (κ2) is 9.19. The van der Waals surface area contributed by atoms with E-state index < -0.39 is 5.97 Å². The Labute approximate surface area is 137 Å². The van der Waals surface area contributed by atoms with Crippen LogP contribution in [0.5, 0.6) is 0 Å². The highest BCUT2D eigenvalue weighted by Gasteiger charge is 2.10. The van der Waals surface area contributed by atoms with Crippen molar-refractivity contribution in [2.75, 3.05) is 6.54 Å². The van der Waals surface area contributed by atoms with Crippen molar-refractivity contribution >= 4 is 33.7 Å². The van der Waals surface area contributed by atoms with Crippen LogP contribution in [0.3, 0.4) is 0 Å². The average molecular weight is 371 g/mol. The van der Waals surface area contributed by atoms with Crippen LogP contribution in [0.25, 0.3) is 0 Å². The standard InChI is InChI=1S/C15H19BrN2O4/c1-10(2-7-14(20)21)18-13(19)8-9-17-15(22)11-3-5-12(16)6-4-11/h3-6,10H,2,7-9H2,1H3,(H,17,22)(H,18,19)(H,20,21). The van der Waals surface area contributed by atoms with E-state index in [0.29, 0.717) is 12.0 Å². The van der Waals surface area contributed by atoms with Crippen LogP contribution in [0.15, 0.2) is 28.7 Å². The van der Waals surface area contributed by atoms with Gasteiger partial charge in [0, 0.05) is 35.5 Å². The van der Waals surface area contributed by atoms with Gasteiger partial charge in [-0.25, -0.2) is 0 Å². The number of benzene rings is 1. The number of carbonyl (C=O) groups excluding carboxylic acids is 2. The van der Waals surface area contributed by atoms with E-state index in [1.807, 2.05) is 0 Å². The molecule has 0 heterocycles. The number of carboxylic acids is 1. The van der Waals surface area contributed by atoms with Gasteiger partial charge in [-0.15, -0.1) is 0 Å². The fraction of sp³-hybridized carbons (Fsp3) is 0.400. The quantitative estimate of drug-likeness (QED) is 0.651. The first kappa shape index (κ1) is 18.2. The summed E-state index contributed by atoms with van der Waals surface area (Å²) in [6.07, 6.45) is 0.549. The molecule has 1 unspecified atom stereocenters. The van der Waals surface area contributed by atoms with Gasteiger partial charge in [-0.3, -0.25) is 14.4 Å². The second-order valence-electron chi connectivity index (χ2n) is 4.91. The lowest BCUT2D eigenvalue weighted by Gasteiger charge is -2.13. The first-order chi connectivity index (χ1) is 10.4. The van der Waals surface area contributed by atoms with Gasteiger partial charge in [0.05, 0.1) is 0 Å². The number of nitrogens with one attached hydrogen (secondary N) is 2. The summed E-state index contributed by atoms with van der Waals surface area (Å²) < 4.78 is 0.888. The molecule has 0 bridgehead atoms. The number of carboxylic acid groups (broad SMARTS) is 1. The fourth-order valence-electron chi connectivity index (χ4n) is 1.75. The minimum atomic E-state index is -0.886. The summed E-state index contributed by atoms with van der Waals surface area (Å²) in [4.78, 5) is 33.9. The molecule has 0 aliphatic heterocycles. The summed E-state index contributed by atoms with van der Waals surface area (Å²) in [5, 5.41) is 13.9. The van der Waals surface area contributed by atoms with Gasteiger partial charge < -0.3 is 15.7 Å². The van der Waals surface area contributed by atoms with Crippen molar-refractivity contribution < 1.29 is 19.5 Å². The van der Waals surface area contributed by atoms with Gasteiger partial charge in [0.2, 0.25) is 5.91 Å². The number of amides is 2. The number of halogens is 1. The molecule has 0 saturated carbocycles. The van der Waals surface area contributed by atoms with Crippen molar-refractivity contribution in [1.82, 2.24) is 10.6 Å². The Morgan fingerprint density at radius 1 is 1.18 bits per heavy atom. The Kier molecular flexibility index (Phi) is 7.59. The third kappa shape index (κ3) is 7.21. The predicted molar refractivity (Wildman–Crippen MR) is 85.6 cm³/mol. The molecule has 1 aromatic rings. The molecule has 3 N–H and O–H groups in total. The second-order valence-corrected chi connectivity index (χ2v) is 5.83. The molecule has 22 heavy (non-hydrogen) atoms. The molecule has 120 valence electrons. The maximum atomic E-state index is 11.8. The molecule has 0 radical (unpaired) electrons. The summed E-state index contributed by atoms with van der Waals surface area (Å²) in [6.45, 7) is 1.98. The maximum Gasteiger partial charge on any atom is 0.303 e. The van der Waals surface area contributed by atoms with Gasteiger partial charge in [0.1, 0.15) is 0 Å². The van der Waals surface area contributed by atoms with E-state index >= 15 is 0 Å². The van der Waals surface area contributed by atoms with E-state index in [4.69, 9.17) is 5.11 Å². The lowest BCUT2D eigenvalue weighted by molar-refractivity contribution is -0.137. The molecule has 7 heteroatoms. The van der Waals surface area contributed by atoms with E-state index in [1.54, 1.807) is 31.2 Å². The third-order valence-corrected chi connectivity index (χ3v) is 3.47. The summed E-state index contributed by atoms with van der Waals surface area (Å²) in [7, 11) is 0. The molecule has 0 aromatic heterocycles. The van der Waals surface area contributed by atoms with E-state index in [2.05, 4.69) is 26.6 Å². The van der Waals surface area contributed by atoms with Crippen LogP contribution in [-0.2, 0) is 9.59 Å². The zero-order chi connectivity index (χ0) is 16.5. The van der Waals surface area contributed by atoms with Crippen LogP contribution in [0.2, 0.25) is 0 Å². The Morgan fingerprint density at radius 2 is 1.82 bits per heavy atom. The lowest BCUT2D eigenvalue weighted by Crippen LogP contribution is -2.35. The topological polar surface area (TPSA) is 95.5 Å². The third-order valence-electron chi connectivity index (χ3n) is 2.94. The molecule has 1 aromatic carbocycles. The van der Waals surface area contributed by atoms with Crippen molar-refractivity contribution in [2.24, 2.45) is 0 Å². The van der Waals surface area contributed by atoms with Crippen molar-refractivity contribution in [3.05, 3.63) is 34.3 Å². The first-order valence-electron chi connectivity index (χ1n) is 6.93. The number of hydrogen-bond acceptors (Lipinski definition) is 3. The minimum absolute atomic E-state index is 0.0156. The van der Waals surface area contributed by atoms with Crippen LogP contribution in [-0.4, -0.2) is 35.5 Å². The maximum absolute atomic E-state index is 11.8. The van der Waals surface area contributed by atoms with E-state index in [-0.39, 0.29) is 37.2 Å². The number of hydrogen-bond donors (Lipinski definition) is 3. The van der Waals surface area contributed by atoms with E-state index in [9.17, 15) is 14.4 Å². The van der Waals surface area contributed by atoms with Gasteiger partial charge >= 0.3 is 5.97 Å². The Balaban J connectivity index is 2.25. The normalized spacial score (nSPS) is 11.5. The molecule has 0 saturated heterocycles. The van der Waals surface area contributed by atoms with Gasteiger partial charge in [0.25, 0.3) is 5.91 Å². The highest BCUT2D eigenvalue weighted by Crippen LogP contribution is 2.10. The van der Waals surface area contributed by atoms with E-state index in [1.165, 1.54) is 0 Å². The molecule has 6 nitrogen and oxygen atoms in total. The van der Waals surface area contributed by atoms with Crippen molar-refractivity contribution in [1.29, 1.82) is 0 Å². The Morgan fingerprint density at radius 3 is 2.41 bits per heavy atom. The highest BCUT2D eigenvalue weighted by molar-refractivity contribution is 9.10. The molecule has 0 spiro atoms. The summed E-state index contributed by atoms with van der Waals surface area (Å²) in [6, 6.07) is 6.71. The fourth-order valence-corrected chi connectivity index (χ4v) is 2.02. The Hall–Kier alpha value is -1.89. The summed E-state index contributed by atoms with van der Waals surface area (Å²) in [5.74, 6) is -1.34. The largest absolute Gasteiger partial charge is 0.481 e. The van der Waals surface area contributed by atoms with Gasteiger partial charge in [-0.05, 0) is 37.6 Å². The van der Waals surface area contributed by atoms with Crippen LogP contribution >= 0.6 is 15.9 Å². The molecule has 0 aliphatic carbocycles. The molecule has 0 fully saturated rings. The van der Waals surface area contributed by atoms with Crippen LogP contribution < -0.4 is 10.6 Å². The zero-order valence-corrected chi connectivity index (χ0v) is 13.9. The minimum Gasteiger partial charge on any atom is -0.481 e. The molecular weight excluding hydrogens is 352 g/mol. The number of carbonyl (C=O) groups is 3. The van der Waals surface area contributed by atoms with Crippen molar-refractivity contribution in [3.63, 3.8) is 0 Å². The zero-order valence-electron chi connectivity index (χ0n) is 12.3. The number of rotatable bonds is 8. The van der Waals surface area contributed by atoms with Crippen LogP contribution in [0.1, 0.15) is 36.5 Å². The van der Waals surface area contributed by atoms with Crippen molar-refractivity contribution in [2.45, 2.75) is 32.2 Å². The number of aliphatic carboxylic acids is 1. The first-order valence-corrected chi connectivity index (χ1v) is 7.72. The highest BCUT2D eigenvalue weighted by atomic mass is 79.9. The average Bonchev–Trinajstić information content (AvgIpc) is 2.45. The molecule has 2 amide bonds.